The lowest BCUT2D eigenvalue weighted by Crippen LogP contribution is -2.28. The molecule has 1 unspecified atom stereocenters. The van der Waals surface area contributed by atoms with E-state index in [2.05, 4.69) is 5.32 Å². The van der Waals surface area contributed by atoms with Crippen LogP contribution in [0.5, 0.6) is 0 Å². The Bertz CT molecular complexity index is 638. The lowest BCUT2D eigenvalue weighted by molar-refractivity contribution is -0.121. The van der Waals surface area contributed by atoms with Crippen molar-refractivity contribution in [2.45, 2.75) is 18.9 Å². The predicted molar refractivity (Wildman–Crippen MR) is 89.1 cm³/mol. The van der Waals surface area contributed by atoms with Gasteiger partial charge in [-0.25, -0.2) is 4.39 Å². The van der Waals surface area contributed by atoms with Crippen molar-refractivity contribution < 1.29 is 14.3 Å². The quantitative estimate of drug-likeness (QED) is 0.822. The lowest BCUT2D eigenvalue weighted by Gasteiger charge is -2.17. The molecule has 0 aliphatic heterocycles. The van der Waals surface area contributed by atoms with Gasteiger partial charge in [0.15, 0.2) is 0 Å². The van der Waals surface area contributed by atoms with Gasteiger partial charge in [-0.3, -0.25) is 4.79 Å². The van der Waals surface area contributed by atoms with Gasteiger partial charge in [0.2, 0.25) is 5.91 Å². The molecular formula is C19H20FNO2. The van der Waals surface area contributed by atoms with E-state index in [9.17, 15) is 9.18 Å². The Labute approximate surface area is 135 Å². The number of hydrogen-bond acceptors (Lipinski definition) is 2. The molecule has 0 heterocycles. The number of aliphatic hydroxyl groups is 1. The van der Waals surface area contributed by atoms with Crippen LogP contribution < -0.4 is 5.32 Å². The predicted octanol–water partition coefficient (Wildman–Crippen LogP) is 3.47. The minimum absolute atomic E-state index is 0.00522. The van der Waals surface area contributed by atoms with E-state index < -0.39 is 0 Å². The largest absolute Gasteiger partial charge is 0.396 e. The number of hydrogen-bond donors (Lipinski definition) is 2. The average molecular weight is 313 g/mol. The molecule has 0 bridgehead atoms. The van der Waals surface area contributed by atoms with Gasteiger partial charge in [-0.05, 0) is 29.7 Å². The first-order chi connectivity index (χ1) is 11.2. The highest BCUT2D eigenvalue weighted by Gasteiger charge is 2.12. The standard InChI is InChI=1S/C19H20FNO2/c20-17-11-9-15(10-12-17)5-4-8-19(23)21-18(13-14-22)16-6-2-1-3-7-16/h1-7,9-12,18,22H,8,13-14H2,(H,21,23)/b5-4+. The monoisotopic (exact) mass is 313 g/mol. The SMILES string of the molecule is O=C(C/C=C/c1ccc(F)cc1)NC(CCO)c1ccccc1. The lowest BCUT2D eigenvalue weighted by atomic mass is 10.0. The molecule has 0 saturated heterocycles. The molecule has 0 saturated carbocycles. The first-order valence-corrected chi connectivity index (χ1v) is 7.56. The highest BCUT2D eigenvalue weighted by Crippen LogP contribution is 2.16. The van der Waals surface area contributed by atoms with E-state index in [1.165, 1.54) is 12.1 Å². The van der Waals surface area contributed by atoms with Gasteiger partial charge in [-0.15, -0.1) is 0 Å². The van der Waals surface area contributed by atoms with Gasteiger partial charge in [-0.2, -0.15) is 0 Å². The molecule has 0 aliphatic carbocycles. The van der Waals surface area contributed by atoms with Crippen molar-refractivity contribution in [1.82, 2.24) is 5.32 Å². The Morgan fingerprint density at radius 1 is 1.13 bits per heavy atom. The summed E-state index contributed by atoms with van der Waals surface area (Å²) in [6.07, 6.45) is 4.22. The maximum atomic E-state index is 12.8. The highest BCUT2D eigenvalue weighted by atomic mass is 19.1. The number of amides is 1. The Balaban J connectivity index is 1.90. The molecule has 1 atom stereocenters. The third kappa shape index (κ3) is 5.68. The zero-order valence-corrected chi connectivity index (χ0v) is 12.8. The van der Waals surface area contributed by atoms with Crippen molar-refractivity contribution >= 4 is 12.0 Å². The Morgan fingerprint density at radius 3 is 2.48 bits per heavy atom. The third-order valence-electron chi connectivity index (χ3n) is 3.44. The maximum Gasteiger partial charge on any atom is 0.224 e. The fourth-order valence-corrected chi connectivity index (χ4v) is 2.27. The van der Waals surface area contributed by atoms with Crippen LogP contribution in [-0.4, -0.2) is 17.6 Å². The van der Waals surface area contributed by atoms with Gasteiger partial charge in [0.1, 0.15) is 5.82 Å². The molecule has 1 amide bonds. The van der Waals surface area contributed by atoms with Crippen LogP contribution in [0.3, 0.4) is 0 Å². The summed E-state index contributed by atoms with van der Waals surface area (Å²) in [4.78, 5) is 12.0. The van der Waals surface area contributed by atoms with Crippen molar-refractivity contribution in [1.29, 1.82) is 0 Å². The highest BCUT2D eigenvalue weighted by molar-refractivity contribution is 5.79. The summed E-state index contributed by atoms with van der Waals surface area (Å²) in [5.74, 6) is -0.403. The van der Waals surface area contributed by atoms with E-state index in [0.29, 0.717) is 6.42 Å². The van der Waals surface area contributed by atoms with Crippen LogP contribution in [0.15, 0.2) is 60.7 Å². The molecule has 0 fully saturated rings. The van der Waals surface area contributed by atoms with Crippen molar-refractivity contribution in [2.24, 2.45) is 0 Å². The molecule has 2 aromatic carbocycles. The van der Waals surface area contributed by atoms with Crippen molar-refractivity contribution in [3.8, 4) is 0 Å². The minimum Gasteiger partial charge on any atom is -0.396 e. The second-order valence-electron chi connectivity index (χ2n) is 5.20. The molecule has 2 N–H and O–H groups in total. The molecule has 0 radical (unpaired) electrons. The zero-order valence-electron chi connectivity index (χ0n) is 12.8. The van der Waals surface area contributed by atoms with E-state index >= 15 is 0 Å². The molecule has 0 spiro atoms. The fraction of sp³-hybridized carbons (Fsp3) is 0.211. The first-order valence-electron chi connectivity index (χ1n) is 7.56. The summed E-state index contributed by atoms with van der Waals surface area (Å²) >= 11 is 0. The summed E-state index contributed by atoms with van der Waals surface area (Å²) in [5.41, 5.74) is 1.81. The van der Waals surface area contributed by atoms with Crippen molar-refractivity contribution in [3.63, 3.8) is 0 Å². The van der Waals surface area contributed by atoms with Gasteiger partial charge >= 0.3 is 0 Å². The number of carbonyl (C=O) groups excluding carboxylic acids is 1. The maximum absolute atomic E-state index is 12.8. The molecule has 23 heavy (non-hydrogen) atoms. The van der Waals surface area contributed by atoms with Crippen LogP contribution in [0, 0.1) is 5.82 Å². The number of halogens is 1. The minimum atomic E-state index is -0.283. The molecule has 0 aromatic heterocycles. The number of rotatable bonds is 7. The van der Waals surface area contributed by atoms with E-state index in [-0.39, 0.29) is 30.8 Å². The number of benzene rings is 2. The van der Waals surface area contributed by atoms with Crippen LogP contribution in [-0.2, 0) is 4.79 Å². The van der Waals surface area contributed by atoms with Crippen LogP contribution in [0.4, 0.5) is 4.39 Å². The van der Waals surface area contributed by atoms with Crippen molar-refractivity contribution in [2.75, 3.05) is 6.61 Å². The van der Waals surface area contributed by atoms with Crippen LogP contribution >= 0.6 is 0 Å². The molecule has 0 aliphatic rings. The van der Waals surface area contributed by atoms with Gasteiger partial charge in [-0.1, -0.05) is 54.6 Å². The second-order valence-corrected chi connectivity index (χ2v) is 5.20. The molecule has 2 rings (SSSR count). The normalized spacial score (nSPS) is 12.3. The molecular weight excluding hydrogens is 293 g/mol. The summed E-state index contributed by atoms with van der Waals surface area (Å²) in [5, 5.41) is 12.1. The van der Waals surface area contributed by atoms with Crippen LogP contribution in [0.2, 0.25) is 0 Å². The van der Waals surface area contributed by atoms with E-state index in [0.717, 1.165) is 11.1 Å². The van der Waals surface area contributed by atoms with Gasteiger partial charge in [0, 0.05) is 13.0 Å². The zero-order chi connectivity index (χ0) is 16.5. The van der Waals surface area contributed by atoms with Crippen LogP contribution in [0.1, 0.15) is 30.0 Å². The Morgan fingerprint density at radius 2 is 1.83 bits per heavy atom. The molecule has 120 valence electrons. The summed E-state index contributed by atoms with van der Waals surface area (Å²) in [6, 6.07) is 15.4. The van der Waals surface area contributed by atoms with Gasteiger partial charge in [0.25, 0.3) is 0 Å². The topological polar surface area (TPSA) is 49.3 Å². The summed E-state index contributed by atoms with van der Waals surface area (Å²) in [6.45, 7) is 0.00522. The Kier molecular flexibility index (Phi) is 6.51. The van der Waals surface area contributed by atoms with Gasteiger partial charge in [0.05, 0.1) is 6.04 Å². The number of aliphatic hydroxyl groups excluding tert-OH is 1. The second kappa shape index (κ2) is 8.86. The fourth-order valence-electron chi connectivity index (χ4n) is 2.27. The Hall–Kier alpha value is -2.46. The summed E-state index contributed by atoms with van der Waals surface area (Å²) in [7, 11) is 0. The first kappa shape index (κ1) is 16.9. The smallest absolute Gasteiger partial charge is 0.224 e. The molecule has 4 heteroatoms. The molecule has 3 nitrogen and oxygen atoms in total. The number of carbonyl (C=O) groups is 1. The van der Waals surface area contributed by atoms with Crippen molar-refractivity contribution in [3.05, 3.63) is 77.6 Å². The number of nitrogens with one attached hydrogen (secondary N) is 1. The average Bonchev–Trinajstić information content (AvgIpc) is 2.57. The van der Waals surface area contributed by atoms with E-state index in [1.54, 1.807) is 24.3 Å². The molecule has 2 aromatic rings. The summed E-state index contributed by atoms with van der Waals surface area (Å²) < 4.78 is 12.8. The van der Waals surface area contributed by atoms with Crippen LogP contribution in [0.25, 0.3) is 6.08 Å². The van der Waals surface area contributed by atoms with E-state index in [4.69, 9.17) is 5.11 Å². The van der Waals surface area contributed by atoms with E-state index in [1.807, 2.05) is 30.3 Å². The van der Waals surface area contributed by atoms with Gasteiger partial charge < -0.3 is 10.4 Å². The third-order valence-corrected chi connectivity index (χ3v) is 3.44.